The van der Waals surface area contributed by atoms with E-state index < -0.39 is 11.7 Å². The standard InChI is InChI=1S/C20H22F3N3O2/c21-20(22,23)16-6-7-18(25-14-16)26-11-8-15(9-12-26)19(27)24-10-13-28-17-4-2-1-3-5-17/h1-7,14-15H,8-13H2,(H,24,27). The number of pyridine rings is 1. The maximum absolute atomic E-state index is 12.6. The van der Waals surface area contributed by atoms with E-state index in [0.29, 0.717) is 44.9 Å². The van der Waals surface area contributed by atoms with Gasteiger partial charge in [-0.2, -0.15) is 13.2 Å². The molecule has 1 amide bonds. The fraction of sp³-hybridized carbons (Fsp3) is 0.400. The van der Waals surface area contributed by atoms with Crippen molar-refractivity contribution in [3.8, 4) is 5.75 Å². The molecule has 0 unspecified atom stereocenters. The summed E-state index contributed by atoms with van der Waals surface area (Å²) in [4.78, 5) is 18.1. The number of rotatable bonds is 6. The van der Waals surface area contributed by atoms with Crippen LogP contribution in [0.3, 0.4) is 0 Å². The smallest absolute Gasteiger partial charge is 0.417 e. The van der Waals surface area contributed by atoms with Crippen LogP contribution >= 0.6 is 0 Å². The van der Waals surface area contributed by atoms with Crippen LogP contribution in [-0.4, -0.2) is 37.1 Å². The number of carbonyl (C=O) groups is 1. The molecule has 0 aliphatic carbocycles. The second kappa shape index (κ2) is 8.95. The number of hydrogen-bond donors (Lipinski definition) is 1. The average Bonchev–Trinajstić information content (AvgIpc) is 2.71. The monoisotopic (exact) mass is 393 g/mol. The lowest BCUT2D eigenvalue weighted by atomic mass is 9.96. The second-order valence-corrected chi connectivity index (χ2v) is 6.62. The van der Waals surface area contributed by atoms with Crippen LogP contribution in [0.1, 0.15) is 18.4 Å². The summed E-state index contributed by atoms with van der Waals surface area (Å²) in [6.45, 7) is 1.98. The molecule has 3 rings (SSSR count). The van der Waals surface area contributed by atoms with Crippen molar-refractivity contribution in [3.05, 3.63) is 54.2 Å². The highest BCUT2D eigenvalue weighted by Gasteiger charge is 2.31. The summed E-state index contributed by atoms with van der Waals surface area (Å²) < 4.78 is 43.4. The lowest BCUT2D eigenvalue weighted by Gasteiger charge is -2.32. The van der Waals surface area contributed by atoms with E-state index in [1.807, 2.05) is 35.2 Å². The predicted molar refractivity (Wildman–Crippen MR) is 99.1 cm³/mol. The summed E-state index contributed by atoms with van der Waals surface area (Å²) in [7, 11) is 0. The Labute approximate surface area is 161 Å². The summed E-state index contributed by atoms with van der Waals surface area (Å²) >= 11 is 0. The molecule has 1 N–H and O–H groups in total. The van der Waals surface area contributed by atoms with Crippen LogP contribution in [0.15, 0.2) is 48.7 Å². The molecule has 5 nitrogen and oxygen atoms in total. The Balaban J connectivity index is 1.40. The molecule has 2 aromatic rings. The number of nitrogens with zero attached hydrogens (tertiary/aromatic N) is 2. The van der Waals surface area contributed by atoms with Crippen molar-refractivity contribution in [1.29, 1.82) is 0 Å². The van der Waals surface area contributed by atoms with Crippen LogP contribution in [0.2, 0.25) is 0 Å². The molecule has 150 valence electrons. The summed E-state index contributed by atoms with van der Waals surface area (Å²) in [5, 5.41) is 2.88. The van der Waals surface area contributed by atoms with Crippen LogP contribution in [0.4, 0.5) is 19.0 Å². The zero-order valence-electron chi connectivity index (χ0n) is 15.3. The largest absolute Gasteiger partial charge is 0.492 e. The third-order valence-electron chi connectivity index (χ3n) is 4.68. The molecule has 0 spiro atoms. The fourth-order valence-electron chi connectivity index (χ4n) is 3.12. The number of halogens is 3. The fourth-order valence-corrected chi connectivity index (χ4v) is 3.12. The van der Waals surface area contributed by atoms with Gasteiger partial charge in [0, 0.05) is 25.2 Å². The number of anilines is 1. The number of carbonyl (C=O) groups excluding carboxylic acids is 1. The number of benzene rings is 1. The SMILES string of the molecule is O=C(NCCOc1ccccc1)C1CCN(c2ccc(C(F)(F)F)cn2)CC1. The minimum atomic E-state index is -4.39. The highest BCUT2D eigenvalue weighted by molar-refractivity contribution is 5.78. The van der Waals surface area contributed by atoms with E-state index >= 15 is 0 Å². The number of aromatic nitrogens is 1. The summed E-state index contributed by atoms with van der Waals surface area (Å²) in [5.74, 6) is 1.14. The highest BCUT2D eigenvalue weighted by atomic mass is 19.4. The first-order valence-electron chi connectivity index (χ1n) is 9.17. The van der Waals surface area contributed by atoms with Gasteiger partial charge in [-0.05, 0) is 37.1 Å². The van der Waals surface area contributed by atoms with E-state index in [2.05, 4.69) is 10.3 Å². The Morgan fingerprint density at radius 3 is 2.46 bits per heavy atom. The molecule has 0 atom stereocenters. The molecule has 1 aromatic heterocycles. The van der Waals surface area contributed by atoms with Crippen molar-refractivity contribution < 1.29 is 22.7 Å². The van der Waals surface area contributed by atoms with Crippen LogP contribution < -0.4 is 15.0 Å². The number of nitrogens with one attached hydrogen (secondary N) is 1. The van der Waals surface area contributed by atoms with E-state index in [-0.39, 0.29) is 11.8 Å². The van der Waals surface area contributed by atoms with Gasteiger partial charge in [0.1, 0.15) is 18.2 Å². The Hall–Kier alpha value is -2.77. The van der Waals surface area contributed by atoms with Gasteiger partial charge in [-0.1, -0.05) is 18.2 Å². The van der Waals surface area contributed by atoms with Crippen molar-refractivity contribution in [3.63, 3.8) is 0 Å². The minimum Gasteiger partial charge on any atom is -0.492 e. The lowest BCUT2D eigenvalue weighted by molar-refractivity contribution is -0.137. The molecule has 1 aromatic carbocycles. The van der Waals surface area contributed by atoms with Gasteiger partial charge >= 0.3 is 6.18 Å². The molecule has 0 radical (unpaired) electrons. The third kappa shape index (κ3) is 5.37. The molecular formula is C20H22F3N3O2. The van der Waals surface area contributed by atoms with Gasteiger partial charge in [0.2, 0.25) is 5.91 Å². The van der Waals surface area contributed by atoms with Crippen molar-refractivity contribution in [1.82, 2.24) is 10.3 Å². The third-order valence-corrected chi connectivity index (χ3v) is 4.68. The summed E-state index contributed by atoms with van der Waals surface area (Å²) in [5.41, 5.74) is -0.761. The van der Waals surface area contributed by atoms with Crippen molar-refractivity contribution in [2.24, 2.45) is 5.92 Å². The summed E-state index contributed by atoms with van der Waals surface area (Å²) in [6.07, 6.45) is -2.27. The normalized spacial score (nSPS) is 15.3. The average molecular weight is 393 g/mol. The van der Waals surface area contributed by atoms with E-state index in [0.717, 1.165) is 18.0 Å². The number of amides is 1. The maximum Gasteiger partial charge on any atom is 0.417 e. The van der Waals surface area contributed by atoms with Gasteiger partial charge in [-0.3, -0.25) is 4.79 Å². The Bertz CT molecular complexity index is 759. The first kappa shape index (κ1) is 20.0. The number of alkyl halides is 3. The van der Waals surface area contributed by atoms with E-state index in [1.54, 1.807) is 0 Å². The number of para-hydroxylation sites is 1. The topological polar surface area (TPSA) is 54.5 Å². The zero-order valence-corrected chi connectivity index (χ0v) is 15.3. The molecule has 1 fully saturated rings. The molecule has 28 heavy (non-hydrogen) atoms. The van der Waals surface area contributed by atoms with Crippen molar-refractivity contribution >= 4 is 11.7 Å². The van der Waals surface area contributed by atoms with E-state index in [4.69, 9.17) is 4.74 Å². The van der Waals surface area contributed by atoms with Gasteiger partial charge < -0.3 is 15.0 Å². The van der Waals surface area contributed by atoms with Gasteiger partial charge in [0.15, 0.2) is 0 Å². The van der Waals surface area contributed by atoms with E-state index in [1.165, 1.54) is 6.07 Å². The van der Waals surface area contributed by atoms with Gasteiger partial charge in [-0.25, -0.2) is 4.98 Å². The molecule has 1 aliphatic rings. The first-order chi connectivity index (χ1) is 13.4. The minimum absolute atomic E-state index is 0.0170. The Morgan fingerprint density at radius 2 is 1.86 bits per heavy atom. The van der Waals surface area contributed by atoms with Crippen molar-refractivity contribution in [2.75, 3.05) is 31.1 Å². The maximum atomic E-state index is 12.6. The van der Waals surface area contributed by atoms with Crippen LogP contribution in [0.25, 0.3) is 0 Å². The summed E-state index contributed by atoms with van der Waals surface area (Å²) in [6, 6.07) is 11.8. The quantitative estimate of drug-likeness (QED) is 0.763. The molecule has 2 heterocycles. The Morgan fingerprint density at radius 1 is 1.14 bits per heavy atom. The number of piperidine rings is 1. The Kier molecular flexibility index (Phi) is 6.38. The molecule has 1 saturated heterocycles. The van der Waals surface area contributed by atoms with Gasteiger partial charge in [-0.15, -0.1) is 0 Å². The van der Waals surface area contributed by atoms with Crippen LogP contribution in [0, 0.1) is 5.92 Å². The van der Waals surface area contributed by atoms with Crippen molar-refractivity contribution in [2.45, 2.75) is 19.0 Å². The van der Waals surface area contributed by atoms with Gasteiger partial charge in [0.25, 0.3) is 0 Å². The second-order valence-electron chi connectivity index (χ2n) is 6.62. The number of ether oxygens (including phenoxy) is 1. The highest BCUT2D eigenvalue weighted by Crippen LogP contribution is 2.30. The van der Waals surface area contributed by atoms with Gasteiger partial charge in [0.05, 0.1) is 12.1 Å². The molecule has 0 saturated carbocycles. The zero-order chi connectivity index (χ0) is 20.0. The molecular weight excluding hydrogens is 371 g/mol. The molecule has 8 heteroatoms. The molecule has 1 aliphatic heterocycles. The lowest BCUT2D eigenvalue weighted by Crippen LogP contribution is -2.41. The van der Waals surface area contributed by atoms with Crippen LogP contribution in [0.5, 0.6) is 5.75 Å². The van der Waals surface area contributed by atoms with E-state index in [9.17, 15) is 18.0 Å². The van der Waals surface area contributed by atoms with Crippen LogP contribution in [-0.2, 0) is 11.0 Å². The number of hydrogen-bond acceptors (Lipinski definition) is 4. The first-order valence-corrected chi connectivity index (χ1v) is 9.17. The predicted octanol–water partition coefficient (Wildman–Crippen LogP) is 3.51. The molecule has 0 bridgehead atoms.